The summed E-state index contributed by atoms with van der Waals surface area (Å²) < 4.78 is 5.77. The molecule has 1 amide bonds. The minimum atomic E-state index is -0.366. The molecule has 0 spiro atoms. The van der Waals surface area contributed by atoms with Gasteiger partial charge in [0.25, 0.3) is 0 Å². The minimum absolute atomic E-state index is 0.0240. The maximum absolute atomic E-state index is 12.7. The Morgan fingerprint density at radius 2 is 2.21 bits per heavy atom. The van der Waals surface area contributed by atoms with Gasteiger partial charge in [0.2, 0.25) is 5.91 Å². The van der Waals surface area contributed by atoms with Crippen LogP contribution < -0.4 is 0 Å². The number of morpholine rings is 1. The number of amides is 1. The minimum Gasteiger partial charge on any atom is -0.394 e. The molecular weight excluding hydrogens is 242 g/mol. The molecular formula is C15H23NO3. The van der Waals surface area contributed by atoms with Crippen LogP contribution in [-0.4, -0.2) is 47.3 Å². The van der Waals surface area contributed by atoms with Crippen molar-refractivity contribution >= 4 is 5.91 Å². The summed E-state index contributed by atoms with van der Waals surface area (Å²) in [5.41, 5.74) is -0.366. The molecule has 4 nitrogen and oxygen atoms in total. The first kappa shape index (κ1) is 13.1. The normalized spacial score (nSPS) is 39.8. The molecule has 2 aliphatic carbocycles. The van der Waals surface area contributed by atoms with Crippen molar-refractivity contribution in [2.24, 2.45) is 17.8 Å². The smallest absolute Gasteiger partial charge is 0.226 e. The van der Waals surface area contributed by atoms with Crippen LogP contribution in [0.15, 0.2) is 12.2 Å². The summed E-state index contributed by atoms with van der Waals surface area (Å²) in [6, 6.07) is 0. The van der Waals surface area contributed by atoms with Crippen molar-refractivity contribution in [2.75, 3.05) is 19.7 Å². The van der Waals surface area contributed by atoms with Crippen molar-refractivity contribution in [1.82, 2.24) is 4.90 Å². The van der Waals surface area contributed by atoms with Crippen LogP contribution in [0, 0.1) is 17.8 Å². The van der Waals surface area contributed by atoms with Crippen molar-refractivity contribution in [2.45, 2.75) is 38.4 Å². The molecule has 1 heterocycles. The fourth-order valence-corrected chi connectivity index (χ4v) is 3.86. The topological polar surface area (TPSA) is 49.8 Å². The van der Waals surface area contributed by atoms with Crippen molar-refractivity contribution in [3.63, 3.8) is 0 Å². The summed E-state index contributed by atoms with van der Waals surface area (Å²) >= 11 is 0. The van der Waals surface area contributed by atoms with Gasteiger partial charge >= 0.3 is 0 Å². The third kappa shape index (κ3) is 2.43. The van der Waals surface area contributed by atoms with Gasteiger partial charge in [-0.05, 0) is 38.5 Å². The van der Waals surface area contributed by atoms with Crippen LogP contribution >= 0.6 is 0 Å². The lowest BCUT2D eigenvalue weighted by Crippen LogP contribution is -2.57. The number of fused-ring (bicyclic) bond motifs is 2. The summed E-state index contributed by atoms with van der Waals surface area (Å²) in [6.45, 7) is 5.09. The number of allylic oxidation sites excluding steroid dienone is 2. The van der Waals surface area contributed by atoms with Crippen molar-refractivity contribution in [1.29, 1.82) is 0 Å². The van der Waals surface area contributed by atoms with E-state index in [4.69, 9.17) is 4.74 Å². The molecule has 0 aromatic carbocycles. The van der Waals surface area contributed by atoms with Crippen molar-refractivity contribution in [3.8, 4) is 0 Å². The number of rotatable bonds is 2. The second-order valence-corrected chi connectivity index (χ2v) is 6.79. The van der Waals surface area contributed by atoms with Gasteiger partial charge in [-0.15, -0.1) is 0 Å². The number of aliphatic hydroxyl groups excluding tert-OH is 1. The summed E-state index contributed by atoms with van der Waals surface area (Å²) in [5, 5.41) is 9.32. The number of aliphatic hydroxyl groups is 1. The maximum atomic E-state index is 12.7. The molecule has 4 atom stereocenters. The second-order valence-electron chi connectivity index (χ2n) is 6.79. The molecule has 3 rings (SSSR count). The average Bonchev–Trinajstić information content (AvgIpc) is 2.98. The zero-order chi connectivity index (χ0) is 13.6. The maximum Gasteiger partial charge on any atom is 0.226 e. The third-order valence-corrected chi connectivity index (χ3v) is 4.59. The van der Waals surface area contributed by atoms with Crippen LogP contribution in [0.2, 0.25) is 0 Å². The van der Waals surface area contributed by atoms with Gasteiger partial charge in [0.15, 0.2) is 0 Å². The molecule has 3 aliphatic rings. The molecule has 0 aromatic heterocycles. The molecule has 1 aliphatic heterocycles. The van der Waals surface area contributed by atoms with Gasteiger partial charge in [-0.2, -0.15) is 0 Å². The number of hydrogen-bond donors (Lipinski definition) is 1. The molecule has 1 N–H and O–H groups in total. The van der Waals surface area contributed by atoms with E-state index < -0.39 is 0 Å². The summed E-state index contributed by atoms with van der Waals surface area (Å²) in [6.07, 6.45) is 6.37. The largest absolute Gasteiger partial charge is 0.394 e. The Bertz CT molecular complexity index is 404. The van der Waals surface area contributed by atoms with Crippen molar-refractivity contribution < 1.29 is 14.6 Å². The number of carbonyl (C=O) groups is 1. The van der Waals surface area contributed by atoms with E-state index in [-0.39, 0.29) is 30.1 Å². The van der Waals surface area contributed by atoms with Crippen LogP contribution in [-0.2, 0) is 9.53 Å². The van der Waals surface area contributed by atoms with E-state index in [1.165, 1.54) is 0 Å². The molecule has 19 heavy (non-hydrogen) atoms. The summed E-state index contributed by atoms with van der Waals surface area (Å²) in [7, 11) is 0. The van der Waals surface area contributed by atoms with E-state index in [1.807, 2.05) is 18.7 Å². The van der Waals surface area contributed by atoms with E-state index in [2.05, 4.69) is 12.2 Å². The summed E-state index contributed by atoms with van der Waals surface area (Å²) in [5.74, 6) is 1.47. The van der Waals surface area contributed by atoms with E-state index in [0.29, 0.717) is 24.9 Å². The average molecular weight is 265 g/mol. The van der Waals surface area contributed by atoms with E-state index >= 15 is 0 Å². The first-order valence-electron chi connectivity index (χ1n) is 7.24. The lowest BCUT2D eigenvalue weighted by molar-refractivity contribution is -0.170. The van der Waals surface area contributed by atoms with Gasteiger partial charge in [-0.25, -0.2) is 0 Å². The predicted octanol–water partition coefficient (Wildman–Crippen LogP) is 1.20. The highest BCUT2D eigenvalue weighted by atomic mass is 16.5. The number of hydrogen-bond acceptors (Lipinski definition) is 3. The molecule has 0 radical (unpaired) electrons. The molecule has 1 saturated heterocycles. The molecule has 2 bridgehead atoms. The monoisotopic (exact) mass is 265 g/mol. The molecule has 0 aromatic rings. The lowest BCUT2D eigenvalue weighted by atomic mass is 9.91. The molecule has 106 valence electrons. The Morgan fingerprint density at radius 3 is 2.79 bits per heavy atom. The quantitative estimate of drug-likeness (QED) is 0.763. The Hall–Kier alpha value is -0.870. The lowest BCUT2D eigenvalue weighted by Gasteiger charge is -2.43. The fourth-order valence-electron chi connectivity index (χ4n) is 3.86. The van der Waals surface area contributed by atoms with Crippen LogP contribution in [0.3, 0.4) is 0 Å². The van der Waals surface area contributed by atoms with Crippen molar-refractivity contribution in [3.05, 3.63) is 12.2 Å². The second kappa shape index (κ2) is 4.60. The Labute approximate surface area is 114 Å². The Balaban J connectivity index is 1.71. The van der Waals surface area contributed by atoms with Crippen LogP contribution in [0.1, 0.15) is 26.7 Å². The van der Waals surface area contributed by atoms with Crippen LogP contribution in [0.5, 0.6) is 0 Å². The highest BCUT2D eigenvalue weighted by Crippen LogP contribution is 2.44. The Kier molecular flexibility index (Phi) is 3.18. The van der Waals surface area contributed by atoms with Gasteiger partial charge in [0, 0.05) is 19.0 Å². The standard InChI is InChI=1S/C15H23NO3/c1-15(2)9-16(7-12(8-17)19-15)14(18)13-6-10-3-4-11(13)5-10/h3-4,10-13,17H,5-9H2,1-2H3. The molecule has 1 saturated carbocycles. The van der Waals surface area contributed by atoms with E-state index in [0.717, 1.165) is 12.8 Å². The van der Waals surface area contributed by atoms with Gasteiger partial charge in [0.05, 0.1) is 18.3 Å². The summed E-state index contributed by atoms with van der Waals surface area (Å²) in [4.78, 5) is 14.6. The predicted molar refractivity (Wildman–Crippen MR) is 71.5 cm³/mol. The SMILES string of the molecule is CC1(C)CN(C(=O)C2CC3C=CC2C3)CC(CO)O1. The molecule has 4 heteroatoms. The zero-order valence-electron chi connectivity index (χ0n) is 11.7. The van der Waals surface area contributed by atoms with Gasteiger partial charge in [0.1, 0.15) is 0 Å². The van der Waals surface area contributed by atoms with Crippen LogP contribution in [0.4, 0.5) is 0 Å². The third-order valence-electron chi connectivity index (χ3n) is 4.59. The number of nitrogens with zero attached hydrogens (tertiary/aromatic N) is 1. The van der Waals surface area contributed by atoms with Crippen LogP contribution in [0.25, 0.3) is 0 Å². The van der Waals surface area contributed by atoms with Gasteiger partial charge in [-0.1, -0.05) is 12.2 Å². The first-order chi connectivity index (χ1) is 8.98. The highest BCUT2D eigenvalue weighted by Gasteiger charge is 2.44. The molecule has 2 fully saturated rings. The van der Waals surface area contributed by atoms with Gasteiger partial charge < -0.3 is 14.7 Å². The van der Waals surface area contributed by atoms with E-state index in [1.54, 1.807) is 0 Å². The molecule has 4 unspecified atom stereocenters. The Morgan fingerprint density at radius 1 is 1.42 bits per heavy atom. The number of ether oxygens (including phenoxy) is 1. The zero-order valence-corrected chi connectivity index (χ0v) is 11.7. The van der Waals surface area contributed by atoms with E-state index in [9.17, 15) is 9.90 Å². The fraction of sp³-hybridized carbons (Fsp3) is 0.800. The number of carbonyl (C=O) groups excluding carboxylic acids is 1. The van der Waals surface area contributed by atoms with Gasteiger partial charge in [-0.3, -0.25) is 4.79 Å². The first-order valence-corrected chi connectivity index (χ1v) is 7.24. The highest BCUT2D eigenvalue weighted by molar-refractivity contribution is 5.80.